The third kappa shape index (κ3) is 4.81. The van der Waals surface area contributed by atoms with Gasteiger partial charge in [-0.1, -0.05) is 18.8 Å². The summed E-state index contributed by atoms with van der Waals surface area (Å²) >= 11 is 0. The Morgan fingerprint density at radius 1 is 1.11 bits per heavy atom. The number of likely N-dealkylation sites (N-methyl/N-ethyl adjacent to an activating group) is 1. The molecule has 1 aromatic heterocycles. The van der Waals surface area contributed by atoms with Crippen LogP contribution in [0.3, 0.4) is 0 Å². The first kappa shape index (κ1) is 20.1. The number of rotatable bonds is 7. The van der Waals surface area contributed by atoms with Crippen molar-refractivity contribution < 1.29 is 9.50 Å². The fraction of sp³-hybridized carbons (Fsp3) is 0.333. The fourth-order valence-corrected chi connectivity index (χ4v) is 3.41. The Kier molecular flexibility index (Phi) is 6.86. The lowest BCUT2D eigenvalue weighted by atomic mass is 10.1. The molecule has 4 heteroatoms. The molecule has 0 aliphatic rings. The number of halogens is 1. The Bertz CT molecular complexity index is 979. The number of hydrogen-bond acceptors (Lipinski definition) is 2. The predicted molar refractivity (Wildman–Crippen MR) is 113 cm³/mol. The SMILES string of the molecule is CCN(CCO)CCCC#Cc1ccc2c(c1)c(C)cn2-c1ccc(F)cc1. The molecule has 0 radical (unpaired) electrons. The first-order chi connectivity index (χ1) is 13.6. The van der Waals surface area contributed by atoms with Crippen LogP contribution in [0.15, 0.2) is 48.7 Å². The van der Waals surface area contributed by atoms with Crippen molar-refractivity contribution in [3.63, 3.8) is 0 Å². The van der Waals surface area contributed by atoms with E-state index in [4.69, 9.17) is 5.11 Å². The Morgan fingerprint density at radius 2 is 1.89 bits per heavy atom. The molecule has 1 heterocycles. The predicted octanol–water partition coefficient (Wildman–Crippen LogP) is 4.52. The highest BCUT2D eigenvalue weighted by atomic mass is 19.1. The van der Waals surface area contributed by atoms with Crippen LogP contribution in [0.2, 0.25) is 0 Å². The van der Waals surface area contributed by atoms with Gasteiger partial charge < -0.3 is 14.6 Å². The molecule has 0 saturated carbocycles. The molecule has 0 saturated heterocycles. The summed E-state index contributed by atoms with van der Waals surface area (Å²) in [6, 6.07) is 12.8. The van der Waals surface area contributed by atoms with Gasteiger partial charge in [-0.05, 0) is 74.5 Å². The van der Waals surface area contributed by atoms with Gasteiger partial charge in [-0.15, -0.1) is 0 Å². The maximum Gasteiger partial charge on any atom is 0.123 e. The lowest BCUT2D eigenvalue weighted by molar-refractivity contribution is 0.201. The summed E-state index contributed by atoms with van der Waals surface area (Å²) < 4.78 is 15.3. The molecule has 146 valence electrons. The minimum absolute atomic E-state index is 0.205. The van der Waals surface area contributed by atoms with Crippen LogP contribution >= 0.6 is 0 Å². The molecule has 3 rings (SSSR count). The average molecular weight is 378 g/mol. The van der Waals surface area contributed by atoms with Crippen LogP contribution in [0.5, 0.6) is 0 Å². The number of unbranched alkanes of at least 4 members (excludes halogenated alkanes) is 1. The molecular formula is C24H27FN2O. The van der Waals surface area contributed by atoms with E-state index in [0.717, 1.165) is 54.6 Å². The van der Waals surface area contributed by atoms with E-state index in [0.29, 0.717) is 0 Å². The molecule has 0 spiro atoms. The quantitative estimate of drug-likeness (QED) is 0.484. The normalized spacial score (nSPS) is 11.0. The molecule has 3 aromatic rings. The maximum atomic E-state index is 13.2. The van der Waals surface area contributed by atoms with Gasteiger partial charge in [-0.2, -0.15) is 0 Å². The molecule has 28 heavy (non-hydrogen) atoms. The third-order valence-corrected chi connectivity index (χ3v) is 4.98. The van der Waals surface area contributed by atoms with Crippen LogP contribution in [0, 0.1) is 24.6 Å². The zero-order valence-electron chi connectivity index (χ0n) is 16.6. The van der Waals surface area contributed by atoms with Gasteiger partial charge in [0.05, 0.1) is 12.1 Å². The highest BCUT2D eigenvalue weighted by Crippen LogP contribution is 2.25. The molecule has 0 aliphatic carbocycles. The van der Waals surface area contributed by atoms with E-state index in [1.807, 2.05) is 6.07 Å². The first-order valence-corrected chi connectivity index (χ1v) is 9.82. The Morgan fingerprint density at radius 3 is 2.61 bits per heavy atom. The number of hydrogen-bond donors (Lipinski definition) is 1. The molecule has 2 aromatic carbocycles. The Hall–Kier alpha value is -2.61. The van der Waals surface area contributed by atoms with Crippen LogP contribution < -0.4 is 0 Å². The van der Waals surface area contributed by atoms with Crippen molar-refractivity contribution in [3.8, 4) is 17.5 Å². The van der Waals surface area contributed by atoms with Crippen molar-refractivity contribution in [2.24, 2.45) is 0 Å². The number of aliphatic hydroxyl groups is 1. The Labute approximate surface area is 166 Å². The number of fused-ring (bicyclic) bond motifs is 1. The minimum Gasteiger partial charge on any atom is -0.395 e. The van der Waals surface area contributed by atoms with Crippen molar-refractivity contribution in [2.45, 2.75) is 26.7 Å². The van der Waals surface area contributed by atoms with Gasteiger partial charge in [0.1, 0.15) is 5.82 Å². The van der Waals surface area contributed by atoms with Gasteiger partial charge in [0.25, 0.3) is 0 Å². The molecule has 0 amide bonds. The van der Waals surface area contributed by atoms with Gasteiger partial charge >= 0.3 is 0 Å². The van der Waals surface area contributed by atoms with Crippen molar-refractivity contribution in [1.82, 2.24) is 9.47 Å². The smallest absolute Gasteiger partial charge is 0.123 e. The number of aliphatic hydroxyl groups excluding tert-OH is 1. The van der Waals surface area contributed by atoms with Gasteiger partial charge in [-0.25, -0.2) is 4.39 Å². The number of aryl methyl sites for hydroxylation is 1. The van der Waals surface area contributed by atoms with Crippen molar-refractivity contribution in [3.05, 3.63) is 65.6 Å². The van der Waals surface area contributed by atoms with E-state index in [-0.39, 0.29) is 12.4 Å². The molecule has 1 N–H and O–H groups in total. The summed E-state index contributed by atoms with van der Waals surface area (Å²) in [6.45, 7) is 7.04. The summed E-state index contributed by atoms with van der Waals surface area (Å²) in [5, 5.41) is 10.2. The lowest BCUT2D eigenvalue weighted by Crippen LogP contribution is -2.27. The van der Waals surface area contributed by atoms with Crippen LogP contribution in [-0.4, -0.2) is 40.8 Å². The molecule has 0 bridgehead atoms. The summed E-state index contributed by atoms with van der Waals surface area (Å²) in [4.78, 5) is 2.23. The van der Waals surface area contributed by atoms with E-state index in [2.05, 4.69) is 53.5 Å². The van der Waals surface area contributed by atoms with Crippen LogP contribution in [0.4, 0.5) is 4.39 Å². The maximum absolute atomic E-state index is 13.2. The second-order valence-electron chi connectivity index (χ2n) is 6.95. The van der Waals surface area contributed by atoms with Crippen molar-refractivity contribution in [2.75, 3.05) is 26.2 Å². The summed E-state index contributed by atoms with van der Waals surface area (Å²) in [6.07, 6.45) is 3.92. The first-order valence-electron chi connectivity index (χ1n) is 9.82. The number of aromatic nitrogens is 1. The van der Waals surface area contributed by atoms with Crippen molar-refractivity contribution in [1.29, 1.82) is 0 Å². The average Bonchev–Trinajstić information content (AvgIpc) is 3.03. The van der Waals surface area contributed by atoms with Crippen LogP contribution in [0.25, 0.3) is 16.6 Å². The highest BCUT2D eigenvalue weighted by Gasteiger charge is 2.08. The van der Waals surface area contributed by atoms with E-state index in [1.165, 1.54) is 17.7 Å². The van der Waals surface area contributed by atoms with Gasteiger partial charge in [0, 0.05) is 35.8 Å². The molecule has 0 atom stereocenters. The lowest BCUT2D eigenvalue weighted by Gasteiger charge is -2.17. The molecule has 0 unspecified atom stereocenters. The molecule has 3 nitrogen and oxygen atoms in total. The van der Waals surface area contributed by atoms with E-state index in [1.54, 1.807) is 12.1 Å². The zero-order valence-corrected chi connectivity index (χ0v) is 16.6. The van der Waals surface area contributed by atoms with Gasteiger partial charge in [0.15, 0.2) is 0 Å². The second kappa shape index (κ2) is 9.54. The zero-order chi connectivity index (χ0) is 19.9. The topological polar surface area (TPSA) is 28.4 Å². The fourth-order valence-electron chi connectivity index (χ4n) is 3.41. The minimum atomic E-state index is -0.229. The Balaban J connectivity index is 1.72. The summed E-state index contributed by atoms with van der Waals surface area (Å²) in [5.41, 5.74) is 4.22. The number of benzene rings is 2. The molecule has 0 aliphatic heterocycles. The van der Waals surface area contributed by atoms with E-state index < -0.39 is 0 Å². The van der Waals surface area contributed by atoms with E-state index >= 15 is 0 Å². The van der Waals surface area contributed by atoms with Gasteiger partial charge in [-0.3, -0.25) is 0 Å². The van der Waals surface area contributed by atoms with Crippen LogP contribution in [-0.2, 0) is 0 Å². The molecule has 0 fully saturated rings. The largest absolute Gasteiger partial charge is 0.395 e. The summed E-state index contributed by atoms with van der Waals surface area (Å²) in [5.74, 6) is 6.30. The second-order valence-corrected chi connectivity index (χ2v) is 6.95. The highest BCUT2D eigenvalue weighted by molar-refractivity contribution is 5.86. The summed E-state index contributed by atoms with van der Waals surface area (Å²) in [7, 11) is 0. The van der Waals surface area contributed by atoms with Crippen LogP contribution in [0.1, 0.15) is 30.9 Å². The number of nitrogens with zero attached hydrogens (tertiary/aromatic N) is 2. The van der Waals surface area contributed by atoms with Crippen molar-refractivity contribution >= 4 is 10.9 Å². The standard InChI is InChI=1S/C24H27FN2O/c1-3-26(15-16-28)14-6-4-5-7-20-8-13-24-23(17-20)19(2)18-27(24)22-11-9-21(25)10-12-22/h8-13,17-18,28H,3-4,6,14-16H2,1-2H3. The van der Waals surface area contributed by atoms with E-state index in [9.17, 15) is 4.39 Å². The molecular weight excluding hydrogens is 351 g/mol. The van der Waals surface area contributed by atoms with Gasteiger partial charge in [0.2, 0.25) is 0 Å². The third-order valence-electron chi connectivity index (χ3n) is 4.98. The monoisotopic (exact) mass is 378 g/mol.